The van der Waals surface area contributed by atoms with Crippen molar-refractivity contribution in [2.75, 3.05) is 11.9 Å². The monoisotopic (exact) mass is 411 g/mol. The van der Waals surface area contributed by atoms with Crippen LogP contribution in [0.2, 0.25) is 5.02 Å². The van der Waals surface area contributed by atoms with Gasteiger partial charge in [-0.05, 0) is 53.6 Å². The fourth-order valence-corrected chi connectivity index (χ4v) is 2.76. The van der Waals surface area contributed by atoms with E-state index in [0.717, 1.165) is 11.1 Å². The predicted octanol–water partition coefficient (Wildman–Crippen LogP) is 3.12. The minimum absolute atomic E-state index is 0.0832. The molecule has 0 spiro atoms. The van der Waals surface area contributed by atoms with Gasteiger partial charge >= 0.3 is 5.97 Å². The summed E-state index contributed by atoms with van der Waals surface area (Å²) in [5.41, 5.74) is 2.24. The highest BCUT2D eigenvalue weighted by Gasteiger charge is 2.19. The van der Waals surface area contributed by atoms with E-state index in [1.165, 1.54) is 4.68 Å². The molecule has 2 aromatic carbocycles. The molecule has 0 atom stereocenters. The molecule has 0 aliphatic carbocycles. The molecule has 0 aliphatic rings. The number of hydrogen-bond acceptors (Lipinski definition) is 6. The number of benzene rings is 2. The van der Waals surface area contributed by atoms with E-state index in [1.54, 1.807) is 25.1 Å². The quantitative estimate of drug-likeness (QED) is 0.494. The van der Waals surface area contributed by atoms with Crippen LogP contribution < -0.4 is 5.32 Å². The minimum Gasteiger partial charge on any atom is -0.451 e. The Hall–Kier alpha value is -3.52. The number of carbonyl (C=O) groups is 2. The van der Waals surface area contributed by atoms with Gasteiger partial charge in [-0.3, -0.25) is 4.79 Å². The van der Waals surface area contributed by atoms with Crippen LogP contribution in [0.25, 0.3) is 11.8 Å². The van der Waals surface area contributed by atoms with E-state index in [9.17, 15) is 9.59 Å². The molecule has 0 saturated carbocycles. The van der Waals surface area contributed by atoms with Gasteiger partial charge in [0.1, 0.15) is 0 Å². The zero-order valence-corrected chi connectivity index (χ0v) is 16.6. The first-order chi connectivity index (χ1) is 13.9. The number of halogens is 1. The molecule has 3 aromatic rings. The van der Waals surface area contributed by atoms with E-state index < -0.39 is 18.5 Å². The summed E-state index contributed by atoms with van der Waals surface area (Å²) in [7, 11) is 0. The van der Waals surface area contributed by atoms with E-state index in [1.807, 2.05) is 43.3 Å². The van der Waals surface area contributed by atoms with Gasteiger partial charge in [0.05, 0.1) is 10.7 Å². The normalized spacial score (nSPS) is 11.2. The summed E-state index contributed by atoms with van der Waals surface area (Å²) in [6.07, 6.45) is 1.58. The SMILES string of the molecule is Cc1ccc(NC(=O)COC(=O)/C(=C/c2ccccc2)n2nnnc2C)c(Cl)c1. The third-order valence-corrected chi connectivity index (χ3v) is 4.21. The second-order valence-corrected chi connectivity index (χ2v) is 6.59. The van der Waals surface area contributed by atoms with Crippen molar-refractivity contribution >= 4 is 40.9 Å². The maximum absolute atomic E-state index is 12.7. The number of nitrogens with one attached hydrogen (secondary N) is 1. The van der Waals surface area contributed by atoms with E-state index >= 15 is 0 Å². The molecule has 0 aliphatic heterocycles. The average Bonchev–Trinajstić information content (AvgIpc) is 3.13. The van der Waals surface area contributed by atoms with Crippen molar-refractivity contribution in [1.82, 2.24) is 20.2 Å². The Morgan fingerprint density at radius 1 is 1.17 bits per heavy atom. The number of carbonyl (C=O) groups excluding carboxylic acids is 2. The molecule has 1 aromatic heterocycles. The Morgan fingerprint density at radius 2 is 1.93 bits per heavy atom. The van der Waals surface area contributed by atoms with Gasteiger partial charge in [-0.1, -0.05) is 48.0 Å². The van der Waals surface area contributed by atoms with Crippen LogP contribution in [0.3, 0.4) is 0 Å². The highest BCUT2D eigenvalue weighted by molar-refractivity contribution is 6.33. The number of aryl methyl sites for hydroxylation is 2. The standard InChI is InChI=1S/C20H18ClN5O3/c1-13-8-9-17(16(21)10-13)22-19(27)12-29-20(28)18(26-14(2)23-24-25-26)11-15-6-4-3-5-7-15/h3-11H,12H2,1-2H3,(H,22,27)/b18-11-. The number of tetrazole rings is 1. The van der Waals surface area contributed by atoms with Crippen LogP contribution in [0.15, 0.2) is 48.5 Å². The zero-order chi connectivity index (χ0) is 20.8. The number of amides is 1. The van der Waals surface area contributed by atoms with Crippen molar-refractivity contribution in [2.45, 2.75) is 13.8 Å². The Morgan fingerprint density at radius 3 is 2.59 bits per heavy atom. The van der Waals surface area contributed by atoms with E-state index in [2.05, 4.69) is 20.8 Å². The molecule has 8 nitrogen and oxygen atoms in total. The summed E-state index contributed by atoms with van der Waals surface area (Å²) < 4.78 is 6.43. The number of aromatic nitrogens is 4. The summed E-state index contributed by atoms with van der Waals surface area (Å²) >= 11 is 6.10. The number of esters is 1. The first-order valence-corrected chi connectivity index (χ1v) is 9.07. The van der Waals surface area contributed by atoms with Crippen molar-refractivity contribution < 1.29 is 14.3 Å². The van der Waals surface area contributed by atoms with Crippen LogP contribution in [0.5, 0.6) is 0 Å². The van der Waals surface area contributed by atoms with Gasteiger partial charge in [0.15, 0.2) is 18.1 Å². The summed E-state index contributed by atoms with van der Waals surface area (Å²) in [6, 6.07) is 14.4. The van der Waals surface area contributed by atoms with Crippen LogP contribution in [0.4, 0.5) is 5.69 Å². The first kappa shape index (κ1) is 20.2. The van der Waals surface area contributed by atoms with Crippen molar-refractivity contribution in [3.05, 3.63) is 70.5 Å². The van der Waals surface area contributed by atoms with E-state index in [4.69, 9.17) is 16.3 Å². The topological polar surface area (TPSA) is 99.0 Å². The highest BCUT2D eigenvalue weighted by atomic mass is 35.5. The molecule has 0 saturated heterocycles. The van der Waals surface area contributed by atoms with Crippen molar-refractivity contribution in [2.24, 2.45) is 0 Å². The number of rotatable bonds is 6. The minimum atomic E-state index is -0.741. The molecule has 29 heavy (non-hydrogen) atoms. The van der Waals surface area contributed by atoms with Crippen molar-refractivity contribution in [3.63, 3.8) is 0 Å². The molecular formula is C20H18ClN5O3. The van der Waals surface area contributed by atoms with Gasteiger partial charge in [-0.15, -0.1) is 5.10 Å². The number of anilines is 1. The molecule has 9 heteroatoms. The lowest BCUT2D eigenvalue weighted by molar-refractivity contribution is -0.141. The van der Waals surface area contributed by atoms with Crippen LogP contribution in [-0.4, -0.2) is 38.7 Å². The Kier molecular flexibility index (Phi) is 6.36. The smallest absolute Gasteiger partial charge is 0.357 e. The summed E-state index contributed by atoms with van der Waals surface area (Å²) in [5, 5.41) is 14.2. The van der Waals surface area contributed by atoms with E-state index in [0.29, 0.717) is 16.5 Å². The lowest BCUT2D eigenvalue weighted by Gasteiger charge is -2.10. The third-order valence-electron chi connectivity index (χ3n) is 3.90. The van der Waals surface area contributed by atoms with Gasteiger partial charge in [0.2, 0.25) is 0 Å². The van der Waals surface area contributed by atoms with Gasteiger partial charge < -0.3 is 10.1 Å². The molecule has 0 bridgehead atoms. The Labute approximate surface area is 172 Å². The summed E-state index contributed by atoms with van der Waals surface area (Å²) in [5.74, 6) is -0.856. The lowest BCUT2D eigenvalue weighted by Crippen LogP contribution is -2.23. The van der Waals surface area contributed by atoms with Gasteiger partial charge in [0.25, 0.3) is 5.91 Å². The first-order valence-electron chi connectivity index (χ1n) is 8.69. The number of nitrogens with zero attached hydrogens (tertiary/aromatic N) is 4. The maximum atomic E-state index is 12.7. The van der Waals surface area contributed by atoms with Gasteiger partial charge in [-0.25, -0.2) is 4.79 Å². The second kappa shape index (κ2) is 9.11. The maximum Gasteiger partial charge on any atom is 0.357 e. The van der Waals surface area contributed by atoms with Gasteiger partial charge in [-0.2, -0.15) is 4.68 Å². The Bertz CT molecular complexity index is 1060. The largest absolute Gasteiger partial charge is 0.451 e. The van der Waals surface area contributed by atoms with Crippen LogP contribution >= 0.6 is 11.6 Å². The third kappa shape index (κ3) is 5.26. The van der Waals surface area contributed by atoms with Crippen LogP contribution in [-0.2, 0) is 14.3 Å². The molecule has 1 N–H and O–H groups in total. The molecule has 0 unspecified atom stereocenters. The molecule has 3 rings (SSSR count). The van der Waals surface area contributed by atoms with Crippen LogP contribution in [0.1, 0.15) is 17.0 Å². The zero-order valence-electron chi connectivity index (χ0n) is 15.8. The molecule has 1 heterocycles. The number of hydrogen-bond donors (Lipinski definition) is 1. The molecular weight excluding hydrogens is 394 g/mol. The highest BCUT2D eigenvalue weighted by Crippen LogP contribution is 2.22. The molecule has 0 radical (unpaired) electrons. The fraction of sp³-hybridized carbons (Fsp3) is 0.150. The lowest BCUT2D eigenvalue weighted by atomic mass is 10.2. The fourth-order valence-electron chi connectivity index (χ4n) is 2.48. The molecule has 1 amide bonds. The molecule has 148 valence electrons. The van der Waals surface area contributed by atoms with Crippen LogP contribution in [0, 0.1) is 13.8 Å². The van der Waals surface area contributed by atoms with Crippen molar-refractivity contribution in [1.29, 1.82) is 0 Å². The van der Waals surface area contributed by atoms with E-state index in [-0.39, 0.29) is 5.70 Å². The summed E-state index contributed by atoms with van der Waals surface area (Å²) in [6.45, 7) is 3.05. The Balaban J connectivity index is 1.73. The second-order valence-electron chi connectivity index (χ2n) is 6.19. The van der Waals surface area contributed by atoms with Crippen molar-refractivity contribution in [3.8, 4) is 0 Å². The molecule has 0 fully saturated rings. The summed E-state index contributed by atoms with van der Waals surface area (Å²) in [4.78, 5) is 24.8. The number of ether oxygens (including phenoxy) is 1. The average molecular weight is 412 g/mol. The van der Waals surface area contributed by atoms with Gasteiger partial charge in [0, 0.05) is 0 Å². The predicted molar refractivity (Wildman–Crippen MR) is 109 cm³/mol.